The number of carboxylic acid groups (broad SMARTS) is 1. The quantitative estimate of drug-likeness (QED) is 0.739. The summed E-state index contributed by atoms with van der Waals surface area (Å²) in [5.41, 5.74) is -0.0325. The number of aldehydes is 1. The van der Waals surface area contributed by atoms with Gasteiger partial charge in [0.1, 0.15) is 11.5 Å². The number of benzene rings is 1. The molecule has 1 rings (SSSR count). The SMILES string of the molecule is CCCC(Oc1cccc(O)c1C=O)C(=O)O. The lowest BCUT2D eigenvalue weighted by molar-refractivity contribution is -0.145. The van der Waals surface area contributed by atoms with Crippen LogP contribution in [0, 0.1) is 0 Å². The molecule has 1 unspecified atom stereocenters. The Balaban J connectivity index is 2.96. The minimum Gasteiger partial charge on any atom is -0.507 e. The van der Waals surface area contributed by atoms with Crippen LogP contribution in [-0.4, -0.2) is 28.6 Å². The molecule has 0 aliphatic heterocycles. The summed E-state index contributed by atoms with van der Waals surface area (Å²) in [5.74, 6) is -1.23. The molecule has 0 aromatic heterocycles. The number of aliphatic carboxylic acids is 1. The number of aromatic hydroxyl groups is 1. The first kappa shape index (κ1) is 13.0. The number of hydrogen-bond acceptors (Lipinski definition) is 4. The molecule has 17 heavy (non-hydrogen) atoms. The summed E-state index contributed by atoms with van der Waals surface area (Å²) in [7, 11) is 0. The van der Waals surface area contributed by atoms with Crippen molar-refractivity contribution in [1.29, 1.82) is 0 Å². The molecule has 0 aliphatic rings. The Morgan fingerprint density at radius 1 is 1.53 bits per heavy atom. The zero-order chi connectivity index (χ0) is 12.8. The summed E-state index contributed by atoms with van der Waals surface area (Å²) >= 11 is 0. The molecular formula is C12H14O5. The largest absolute Gasteiger partial charge is 0.507 e. The highest BCUT2D eigenvalue weighted by molar-refractivity contribution is 5.83. The Morgan fingerprint density at radius 3 is 2.76 bits per heavy atom. The van der Waals surface area contributed by atoms with E-state index in [1.165, 1.54) is 18.2 Å². The lowest BCUT2D eigenvalue weighted by atomic mass is 10.1. The van der Waals surface area contributed by atoms with E-state index in [0.29, 0.717) is 19.1 Å². The van der Waals surface area contributed by atoms with Crippen molar-refractivity contribution in [3.05, 3.63) is 23.8 Å². The van der Waals surface area contributed by atoms with E-state index in [1.807, 2.05) is 6.92 Å². The predicted molar refractivity (Wildman–Crippen MR) is 60.5 cm³/mol. The van der Waals surface area contributed by atoms with Crippen LogP contribution in [0.15, 0.2) is 18.2 Å². The second-order valence-electron chi connectivity index (χ2n) is 3.54. The van der Waals surface area contributed by atoms with Crippen LogP contribution in [0.5, 0.6) is 11.5 Å². The molecule has 0 aliphatic carbocycles. The van der Waals surface area contributed by atoms with Crippen LogP contribution >= 0.6 is 0 Å². The zero-order valence-electron chi connectivity index (χ0n) is 9.42. The van der Waals surface area contributed by atoms with E-state index in [-0.39, 0.29) is 17.1 Å². The van der Waals surface area contributed by atoms with Crippen LogP contribution in [0.4, 0.5) is 0 Å². The minimum atomic E-state index is -1.09. The first-order valence-corrected chi connectivity index (χ1v) is 5.26. The van der Waals surface area contributed by atoms with Crippen molar-refractivity contribution >= 4 is 12.3 Å². The highest BCUT2D eigenvalue weighted by Crippen LogP contribution is 2.26. The Morgan fingerprint density at radius 2 is 2.24 bits per heavy atom. The van der Waals surface area contributed by atoms with Gasteiger partial charge in [-0.05, 0) is 18.6 Å². The number of carbonyl (C=O) groups excluding carboxylic acids is 1. The van der Waals surface area contributed by atoms with Gasteiger partial charge >= 0.3 is 5.97 Å². The molecule has 0 saturated carbocycles. The van der Waals surface area contributed by atoms with E-state index in [2.05, 4.69) is 0 Å². The number of carboxylic acids is 1. The van der Waals surface area contributed by atoms with Crippen molar-refractivity contribution in [3.63, 3.8) is 0 Å². The van der Waals surface area contributed by atoms with Crippen LogP contribution in [0.2, 0.25) is 0 Å². The van der Waals surface area contributed by atoms with E-state index in [4.69, 9.17) is 9.84 Å². The second-order valence-corrected chi connectivity index (χ2v) is 3.54. The summed E-state index contributed by atoms with van der Waals surface area (Å²) in [6.07, 6.45) is 0.408. The van der Waals surface area contributed by atoms with Gasteiger partial charge in [0.15, 0.2) is 12.4 Å². The third kappa shape index (κ3) is 3.21. The predicted octanol–water partition coefficient (Wildman–Crippen LogP) is 1.84. The van der Waals surface area contributed by atoms with Gasteiger partial charge in [-0.2, -0.15) is 0 Å². The molecule has 0 spiro atoms. The van der Waals surface area contributed by atoms with Gasteiger partial charge in [0.05, 0.1) is 5.56 Å². The van der Waals surface area contributed by atoms with Crippen molar-refractivity contribution in [2.45, 2.75) is 25.9 Å². The highest BCUT2D eigenvalue weighted by atomic mass is 16.5. The third-order valence-electron chi connectivity index (χ3n) is 2.26. The number of phenols is 1. The van der Waals surface area contributed by atoms with Crippen molar-refractivity contribution < 1.29 is 24.5 Å². The normalized spacial score (nSPS) is 11.8. The molecule has 1 aromatic rings. The molecular weight excluding hydrogens is 224 g/mol. The fourth-order valence-electron chi connectivity index (χ4n) is 1.40. The first-order chi connectivity index (χ1) is 8.10. The number of phenolic OH excluding ortho intramolecular Hbond substituents is 1. The van der Waals surface area contributed by atoms with E-state index in [9.17, 15) is 14.7 Å². The van der Waals surface area contributed by atoms with Gasteiger partial charge in [-0.1, -0.05) is 19.4 Å². The molecule has 92 valence electrons. The second kappa shape index (κ2) is 5.89. The summed E-state index contributed by atoms with van der Waals surface area (Å²) < 4.78 is 5.23. The molecule has 2 N–H and O–H groups in total. The van der Waals surface area contributed by atoms with Crippen molar-refractivity contribution in [1.82, 2.24) is 0 Å². The molecule has 0 radical (unpaired) electrons. The van der Waals surface area contributed by atoms with E-state index >= 15 is 0 Å². The summed E-state index contributed by atoms with van der Waals surface area (Å²) in [6, 6.07) is 4.28. The average Bonchev–Trinajstić information content (AvgIpc) is 2.28. The molecule has 0 bridgehead atoms. The fraction of sp³-hybridized carbons (Fsp3) is 0.333. The van der Waals surface area contributed by atoms with Crippen molar-refractivity contribution in [3.8, 4) is 11.5 Å². The highest BCUT2D eigenvalue weighted by Gasteiger charge is 2.20. The van der Waals surface area contributed by atoms with Gasteiger partial charge in [0.25, 0.3) is 0 Å². The van der Waals surface area contributed by atoms with Crippen LogP contribution in [0.1, 0.15) is 30.1 Å². The van der Waals surface area contributed by atoms with Gasteiger partial charge in [-0.15, -0.1) is 0 Å². The fourth-order valence-corrected chi connectivity index (χ4v) is 1.40. The molecule has 1 aromatic carbocycles. The van der Waals surface area contributed by atoms with Crippen LogP contribution in [-0.2, 0) is 4.79 Å². The Bertz CT molecular complexity index is 413. The van der Waals surface area contributed by atoms with Crippen molar-refractivity contribution in [2.75, 3.05) is 0 Å². The van der Waals surface area contributed by atoms with Gasteiger partial charge < -0.3 is 14.9 Å². The smallest absolute Gasteiger partial charge is 0.344 e. The maximum atomic E-state index is 10.9. The summed E-state index contributed by atoms with van der Waals surface area (Å²) in [4.78, 5) is 21.7. The van der Waals surface area contributed by atoms with E-state index in [1.54, 1.807) is 0 Å². The van der Waals surface area contributed by atoms with Gasteiger partial charge in [-0.25, -0.2) is 4.79 Å². The van der Waals surface area contributed by atoms with Crippen LogP contribution in [0.25, 0.3) is 0 Å². The number of ether oxygens (including phenoxy) is 1. The molecule has 5 nitrogen and oxygen atoms in total. The van der Waals surface area contributed by atoms with Crippen LogP contribution in [0.3, 0.4) is 0 Å². The average molecular weight is 238 g/mol. The zero-order valence-corrected chi connectivity index (χ0v) is 9.42. The number of carbonyl (C=O) groups is 2. The Hall–Kier alpha value is -2.04. The molecule has 1 atom stereocenters. The maximum absolute atomic E-state index is 10.9. The van der Waals surface area contributed by atoms with Crippen LogP contribution < -0.4 is 4.74 Å². The van der Waals surface area contributed by atoms with E-state index in [0.717, 1.165) is 0 Å². The van der Waals surface area contributed by atoms with E-state index < -0.39 is 12.1 Å². The Labute approximate surface area is 98.6 Å². The van der Waals surface area contributed by atoms with Crippen molar-refractivity contribution in [2.24, 2.45) is 0 Å². The standard InChI is InChI=1S/C12H14O5/c1-2-4-11(12(15)16)17-10-6-3-5-9(14)8(10)7-13/h3,5-7,11,14H,2,4H2,1H3,(H,15,16). The molecule has 0 fully saturated rings. The summed E-state index contributed by atoms with van der Waals surface area (Å²) in [6.45, 7) is 1.84. The molecule has 0 heterocycles. The Kier molecular flexibility index (Phi) is 4.51. The van der Waals surface area contributed by atoms with Gasteiger partial charge in [0.2, 0.25) is 0 Å². The lowest BCUT2D eigenvalue weighted by Crippen LogP contribution is -2.27. The minimum absolute atomic E-state index is 0.0325. The topological polar surface area (TPSA) is 83.8 Å². The van der Waals surface area contributed by atoms with Gasteiger partial charge in [0, 0.05) is 0 Å². The molecule has 5 heteroatoms. The lowest BCUT2D eigenvalue weighted by Gasteiger charge is -2.15. The summed E-state index contributed by atoms with van der Waals surface area (Å²) in [5, 5.41) is 18.3. The maximum Gasteiger partial charge on any atom is 0.344 e. The third-order valence-corrected chi connectivity index (χ3v) is 2.26. The molecule has 0 saturated heterocycles. The monoisotopic (exact) mass is 238 g/mol. The molecule has 0 amide bonds. The number of rotatable bonds is 6. The first-order valence-electron chi connectivity index (χ1n) is 5.26. The number of hydrogen-bond donors (Lipinski definition) is 2. The van der Waals surface area contributed by atoms with Gasteiger partial charge in [-0.3, -0.25) is 4.79 Å².